The molecular weight excluding hydrogens is 252 g/mol. The fraction of sp³-hybridized carbons (Fsp3) is 0.933. The number of carbonyl (C=O) groups excluding carboxylic acids is 1. The maximum atomic E-state index is 12.1. The molecule has 1 saturated heterocycles. The van der Waals surface area contributed by atoms with E-state index >= 15 is 0 Å². The zero-order valence-electron chi connectivity index (χ0n) is 13.6. The van der Waals surface area contributed by atoms with Crippen LogP contribution in [-0.4, -0.2) is 67.1 Å². The molecule has 0 aliphatic carbocycles. The Morgan fingerprint density at radius 1 is 1.20 bits per heavy atom. The fourth-order valence-electron chi connectivity index (χ4n) is 2.48. The number of rotatable bonds is 7. The van der Waals surface area contributed by atoms with E-state index in [1.54, 1.807) is 0 Å². The number of piperazine rings is 1. The summed E-state index contributed by atoms with van der Waals surface area (Å²) in [6.07, 6.45) is 0.975. The Balaban J connectivity index is 2.35. The van der Waals surface area contributed by atoms with Crippen LogP contribution in [0.2, 0.25) is 0 Å². The first-order valence-electron chi connectivity index (χ1n) is 7.94. The summed E-state index contributed by atoms with van der Waals surface area (Å²) in [6.45, 7) is 14.1. The van der Waals surface area contributed by atoms with E-state index in [0.29, 0.717) is 5.92 Å². The summed E-state index contributed by atoms with van der Waals surface area (Å²) in [4.78, 5) is 16.9. The lowest BCUT2D eigenvalue weighted by Gasteiger charge is -2.38. The van der Waals surface area contributed by atoms with Gasteiger partial charge in [-0.2, -0.15) is 0 Å². The zero-order chi connectivity index (χ0) is 15.1. The number of nitrogens with one attached hydrogen (secondary N) is 1. The van der Waals surface area contributed by atoms with Crippen molar-refractivity contribution in [1.29, 1.82) is 0 Å². The lowest BCUT2D eigenvalue weighted by molar-refractivity contribution is -0.127. The van der Waals surface area contributed by atoms with Crippen LogP contribution in [0.3, 0.4) is 0 Å². The summed E-state index contributed by atoms with van der Waals surface area (Å²) in [5.74, 6) is 0.704. The highest BCUT2D eigenvalue weighted by atomic mass is 16.2. The SMILES string of the molecule is CCC(C)NC(=O)C(C)N1CCN(CC(C)CN)CC1. The minimum absolute atomic E-state index is 0.0296. The molecule has 3 unspecified atom stereocenters. The topological polar surface area (TPSA) is 61.6 Å². The third-order valence-electron chi connectivity index (χ3n) is 4.31. The molecule has 1 aliphatic heterocycles. The molecule has 1 aliphatic rings. The number of hydrogen-bond acceptors (Lipinski definition) is 4. The predicted octanol–water partition coefficient (Wildman–Crippen LogP) is 0.502. The maximum Gasteiger partial charge on any atom is 0.237 e. The van der Waals surface area contributed by atoms with Gasteiger partial charge in [0.25, 0.3) is 0 Å². The molecule has 0 aromatic rings. The molecule has 0 spiro atoms. The molecular formula is C15H32N4O. The summed E-state index contributed by atoms with van der Waals surface area (Å²) in [5, 5.41) is 3.07. The fourth-order valence-corrected chi connectivity index (χ4v) is 2.48. The molecule has 20 heavy (non-hydrogen) atoms. The molecule has 1 amide bonds. The van der Waals surface area contributed by atoms with Crippen LogP contribution in [0.1, 0.15) is 34.1 Å². The Kier molecular flexibility index (Phi) is 7.48. The van der Waals surface area contributed by atoms with Gasteiger partial charge in [-0.25, -0.2) is 0 Å². The Labute approximate surface area is 123 Å². The number of nitrogens with zero attached hydrogens (tertiary/aromatic N) is 2. The molecule has 1 rings (SSSR count). The average Bonchev–Trinajstić information content (AvgIpc) is 2.46. The van der Waals surface area contributed by atoms with Gasteiger partial charge in [-0.05, 0) is 32.7 Å². The Morgan fingerprint density at radius 3 is 2.30 bits per heavy atom. The van der Waals surface area contributed by atoms with Crippen molar-refractivity contribution in [1.82, 2.24) is 15.1 Å². The lowest BCUT2D eigenvalue weighted by atomic mass is 10.1. The second-order valence-corrected chi connectivity index (χ2v) is 6.17. The summed E-state index contributed by atoms with van der Waals surface area (Å²) in [6, 6.07) is 0.231. The Bertz CT molecular complexity index is 290. The lowest BCUT2D eigenvalue weighted by Crippen LogP contribution is -2.55. The van der Waals surface area contributed by atoms with Crippen molar-refractivity contribution in [2.75, 3.05) is 39.3 Å². The molecule has 3 atom stereocenters. The second-order valence-electron chi connectivity index (χ2n) is 6.17. The summed E-state index contributed by atoms with van der Waals surface area (Å²) in [5.41, 5.74) is 5.67. The summed E-state index contributed by atoms with van der Waals surface area (Å²) >= 11 is 0. The molecule has 1 fully saturated rings. The van der Waals surface area contributed by atoms with Gasteiger partial charge >= 0.3 is 0 Å². The summed E-state index contributed by atoms with van der Waals surface area (Å²) < 4.78 is 0. The van der Waals surface area contributed by atoms with Gasteiger partial charge in [0, 0.05) is 38.8 Å². The van der Waals surface area contributed by atoms with E-state index < -0.39 is 0 Å². The molecule has 5 heteroatoms. The van der Waals surface area contributed by atoms with Gasteiger partial charge in [0.15, 0.2) is 0 Å². The van der Waals surface area contributed by atoms with Crippen LogP contribution < -0.4 is 11.1 Å². The van der Waals surface area contributed by atoms with Crippen LogP contribution in [0.5, 0.6) is 0 Å². The van der Waals surface area contributed by atoms with Crippen molar-refractivity contribution in [3.63, 3.8) is 0 Å². The molecule has 0 aromatic heterocycles. The van der Waals surface area contributed by atoms with Crippen molar-refractivity contribution >= 4 is 5.91 Å². The highest BCUT2D eigenvalue weighted by molar-refractivity contribution is 5.81. The van der Waals surface area contributed by atoms with Crippen LogP contribution in [0, 0.1) is 5.92 Å². The van der Waals surface area contributed by atoms with Crippen molar-refractivity contribution in [2.45, 2.75) is 46.2 Å². The quantitative estimate of drug-likeness (QED) is 0.715. The molecule has 0 aromatic carbocycles. The third kappa shape index (κ3) is 5.38. The van der Waals surface area contributed by atoms with Gasteiger partial charge in [0.2, 0.25) is 5.91 Å². The van der Waals surface area contributed by atoms with Crippen LogP contribution in [0.25, 0.3) is 0 Å². The van der Waals surface area contributed by atoms with E-state index in [4.69, 9.17) is 5.73 Å². The largest absolute Gasteiger partial charge is 0.352 e. The van der Waals surface area contributed by atoms with Crippen molar-refractivity contribution in [2.24, 2.45) is 11.7 Å². The first-order valence-corrected chi connectivity index (χ1v) is 7.94. The molecule has 118 valence electrons. The van der Waals surface area contributed by atoms with E-state index in [1.807, 2.05) is 6.92 Å². The molecule has 0 saturated carbocycles. The first kappa shape index (κ1) is 17.4. The van der Waals surface area contributed by atoms with Crippen molar-refractivity contribution < 1.29 is 4.79 Å². The van der Waals surface area contributed by atoms with Crippen LogP contribution >= 0.6 is 0 Å². The van der Waals surface area contributed by atoms with E-state index in [1.165, 1.54) is 0 Å². The standard InChI is InChI=1S/C15H32N4O/c1-5-13(3)17-15(20)14(4)19-8-6-18(7-9-19)11-12(2)10-16/h12-14H,5-11,16H2,1-4H3,(H,17,20). The average molecular weight is 284 g/mol. The van der Waals surface area contributed by atoms with Gasteiger partial charge in [0.05, 0.1) is 6.04 Å². The zero-order valence-corrected chi connectivity index (χ0v) is 13.6. The van der Waals surface area contributed by atoms with Crippen LogP contribution in [0.4, 0.5) is 0 Å². The predicted molar refractivity (Wildman–Crippen MR) is 83.6 cm³/mol. The second kappa shape index (κ2) is 8.60. The number of carbonyl (C=O) groups is 1. The first-order chi connectivity index (χ1) is 9.47. The number of amides is 1. The molecule has 1 heterocycles. The third-order valence-corrected chi connectivity index (χ3v) is 4.31. The molecule has 0 radical (unpaired) electrons. The minimum Gasteiger partial charge on any atom is -0.352 e. The highest BCUT2D eigenvalue weighted by Crippen LogP contribution is 2.09. The normalized spacial score (nSPS) is 22.2. The summed E-state index contributed by atoms with van der Waals surface area (Å²) in [7, 11) is 0. The van der Waals surface area contributed by atoms with Crippen LogP contribution in [-0.2, 0) is 4.79 Å². The van der Waals surface area contributed by atoms with Gasteiger partial charge < -0.3 is 16.0 Å². The van der Waals surface area contributed by atoms with Gasteiger partial charge in [-0.15, -0.1) is 0 Å². The molecule has 5 nitrogen and oxygen atoms in total. The van der Waals surface area contributed by atoms with E-state index in [9.17, 15) is 4.79 Å². The monoisotopic (exact) mass is 284 g/mol. The minimum atomic E-state index is -0.0296. The van der Waals surface area contributed by atoms with Gasteiger partial charge in [-0.3, -0.25) is 9.69 Å². The van der Waals surface area contributed by atoms with Crippen molar-refractivity contribution in [3.05, 3.63) is 0 Å². The van der Waals surface area contributed by atoms with E-state index in [0.717, 1.165) is 45.7 Å². The van der Waals surface area contributed by atoms with Crippen LogP contribution in [0.15, 0.2) is 0 Å². The van der Waals surface area contributed by atoms with Crippen molar-refractivity contribution in [3.8, 4) is 0 Å². The van der Waals surface area contributed by atoms with Gasteiger partial charge in [-0.1, -0.05) is 13.8 Å². The Morgan fingerprint density at radius 2 is 1.80 bits per heavy atom. The van der Waals surface area contributed by atoms with Gasteiger partial charge in [0.1, 0.15) is 0 Å². The maximum absolute atomic E-state index is 12.1. The smallest absolute Gasteiger partial charge is 0.237 e. The molecule has 3 N–H and O–H groups in total. The highest BCUT2D eigenvalue weighted by Gasteiger charge is 2.26. The molecule has 0 bridgehead atoms. The van der Waals surface area contributed by atoms with E-state index in [-0.39, 0.29) is 18.0 Å². The number of hydrogen-bond donors (Lipinski definition) is 2. The number of nitrogens with two attached hydrogens (primary N) is 1. The van der Waals surface area contributed by atoms with E-state index in [2.05, 4.69) is 35.9 Å². The Hall–Kier alpha value is -0.650.